The number of amides is 2. The number of urea groups is 1. The second kappa shape index (κ2) is 6.05. The van der Waals surface area contributed by atoms with Crippen LogP contribution in [0.3, 0.4) is 0 Å². The molecular formula is C15H26N4O2. The minimum absolute atomic E-state index is 0.0965. The Hall–Kier alpha value is -1.56. The van der Waals surface area contributed by atoms with E-state index in [0.717, 1.165) is 24.4 Å². The normalized spacial score (nSPS) is 22.3. The van der Waals surface area contributed by atoms with Crippen molar-refractivity contribution in [2.75, 3.05) is 18.5 Å². The molecule has 0 aliphatic carbocycles. The summed E-state index contributed by atoms with van der Waals surface area (Å²) in [6.07, 6.45) is 2.84. The first-order valence-electron chi connectivity index (χ1n) is 7.44. The van der Waals surface area contributed by atoms with Crippen molar-refractivity contribution in [1.82, 2.24) is 15.1 Å². The zero-order valence-electron chi connectivity index (χ0n) is 13.6. The van der Waals surface area contributed by atoms with Gasteiger partial charge in [-0.05, 0) is 18.8 Å². The van der Waals surface area contributed by atoms with E-state index in [9.17, 15) is 4.79 Å². The summed E-state index contributed by atoms with van der Waals surface area (Å²) in [5.41, 5.74) is 1.77. The average molecular weight is 294 g/mol. The standard InChI is InChI=1S/C15H26N4O2/c1-10-12(9-17-19(10)5)18-14(20)16-8-11-6-7-21-13(11)15(2,3)4/h9,11,13H,6-8H2,1-5H3,(H2,16,18,20)/t11-,13+/m1/s1. The fourth-order valence-electron chi connectivity index (χ4n) is 2.81. The lowest BCUT2D eigenvalue weighted by atomic mass is 9.81. The fourth-order valence-corrected chi connectivity index (χ4v) is 2.81. The van der Waals surface area contributed by atoms with Crippen LogP contribution in [-0.4, -0.2) is 35.1 Å². The van der Waals surface area contributed by atoms with E-state index >= 15 is 0 Å². The molecule has 2 heterocycles. The number of carbonyl (C=O) groups excluding carboxylic acids is 1. The molecule has 0 spiro atoms. The summed E-state index contributed by atoms with van der Waals surface area (Å²) in [6, 6.07) is -0.189. The van der Waals surface area contributed by atoms with Crippen molar-refractivity contribution in [2.24, 2.45) is 18.4 Å². The Labute approximate surface area is 126 Å². The molecule has 2 rings (SSSR count). The van der Waals surface area contributed by atoms with Crippen LogP contribution in [0.15, 0.2) is 6.20 Å². The highest BCUT2D eigenvalue weighted by atomic mass is 16.5. The van der Waals surface area contributed by atoms with Gasteiger partial charge in [0.25, 0.3) is 0 Å². The molecule has 1 aliphatic rings. The smallest absolute Gasteiger partial charge is 0.319 e. The van der Waals surface area contributed by atoms with E-state index < -0.39 is 0 Å². The number of ether oxygens (including phenoxy) is 1. The minimum atomic E-state index is -0.189. The van der Waals surface area contributed by atoms with Crippen LogP contribution in [0, 0.1) is 18.3 Å². The van der Waals surface area contributed by atoms with Crippen molar-refractivity contribution < 1.29 is 9.53 Å². The van der Waals surface area contributed by atoms with Gasteiger partial charge in [0.15, 0.2) is 0 Å². The number of aryl methyl sites for hydroxylation is 1. The monoisotopic (exact) mass is 294 g/mol. The van der Waals surface area contributed by atoms with Gasteiger partial charge in [0.1, 0.15) is 0 Å². The van der Waals surface area contributed by atoms with Gasteiger partial charge in [-0.25, -0.2) is 4.79 Å². The molecule has 0 aromatic carbocycles. The van der Waals surface area contributed by atoms with Gasteiger partial charge in [0.05, 0.1) is 23.7 Å². The van der Waals surface area contributed by atoms with Crippen molar-refractivity contribution in [3.8, 4) is 0 Å². The topological polar surface area (TPSA) is 68.2 Å². The number of aromatic nitrogens is 2. The molecule has 6 heteroatoms. The highest BCUT2D eigenvalue weighted by Crippen LogP contribution is 2.34. The van der Waals surface area contributed by atoms with Crippen LogP contribution in [0.2, 0.25) is 0 Å². The molecule has 2 N–H and O–H groups in total. The molecule has 2 amide bonds. The van der Waals surface area contributed by atoms with Crippen LogP contribution in [0.1, 0.15) is 32.9 Å². The van der Waals surface area contributed by atoms with Crippen LogP contribution < -0.4 is 10.6 Å². The molecule has 1 fully saturated rings. The quantitative estimate of drug-likeness (QED) is 0.899. The third-order valence-electron chi connectivity index (χ3n) is 4.08. The predicted molar refractivity (Wildman–Crippen MR) is 82.3 cm³/mol. The maximum atomic E-state index is 12.0. The molecule has 0 saturated carbocycles. The summed E-state index contributed by atoms with van der Waals surface area (Å²) in [4.78, 5) is 12.0. The molecule has 1 aromatic heterocycles. The summed E-state index contributed by atoms with van der Waals surface area (Å²) in [6.45, 7) is 9.85. The summed E-state index contributed by atoms with van der Waals surface area (Å²) in [5.74, 6) is 0.366. The Bertz CT molecular complexity index is 504. The van der Waals surface area contributed by atoms with Gasteiger partial charge in [-0.15, -0.1) is 0 Å². The first-order valence-corrected chi connectivity index (χ1v) is 7.44. The van der Waals surface area contributed by atoms with Gasteiger partial charge >= 0.3 is 6.03 Å². The van der Waals surface area contributed by atoms with Crippen molar-refractivity contribution >= 4 is 11.7 Å². The Morgan fingerprint density at radius 1 is 1.52 bits per heavy atom. The van der Waals surface area contributed by atoms with Gasteiger partial charge in [0.2, 0.25) is 0 Å². The Morgan fingerprint density at radius 3 is 2.81 bits per heavy atom. The van der Waals surface area contributed by atoms with Crippen molar-refractivity contribution in [2.45, 2.75) is 40.2 Å². The molecule has 0 radical (unpaired) electrons. The van der Waals surface area contributed by atoms with E-state index in [2.05, 4.69) is 36.5 Å². The van der Waals surface area contributed by atoms with Gasteiger partial charge in [0, 0.05) is 26.1 Å². The van der Waals surface area contributed by atoms with Crippen molar-refractivity contribution in [3.05, 3.63) is 11.9 Å². The lowest BCUT2D eigenvalue weighted by Crippen LogP contribution is -2.40. The van der Waals surface area contributed by atoms with Gasteiger partial charge in [-0.3, -0.25) is 4.68 Å². The molecule has 0 bridgehead atoms. The number of nitrogens with zero attached hydrogens (tertiary/aromatic N) is 2. The molecule has 6 nitrogen and oxygen atoms in total. The van der Waals surface area contributed by atoms with Crippen molar-refractivity contribution in [1.29, 1.82) is 0 Å². The maximum absolute atomic E-state index is 12.0. The Balaban J connectivity index is 1.85. The molecule has 1 aromatic rings. The average Bonchev–Trinajstić information content (AvgIpc) is 2.98. The lowest BCUT2D eigenvalue weighted by molar-refractivity contribution is 0.00782. The molecule has 2 atom stereocenters. The number of rotatable bonds is 3. The van der Waals surface area contributed by atoms with Gasteiger partial charge in [-0.2, -0.15) is 5.10 Å². The molecule has 21 heavy (non-hydrogen) atoms. The van der Waals surface area contributed by atoms with Crippen LogP contribution in [0.25, 0.3) is 0 Å². The second-order valence-corrected chi connectivity index (χ2v) is 6.81. The largest absolute Gasteiger partial charge is 0.377 e. The number of hydrogen-bond acceptors (Lipinski definition) is 3. The number of carbonyl (C=O) groups is 1. The molecule has 118 valence electrons. The van der Waals surface area contributed by atoms with Crippen LogP contribution in [0.4, 0.5) is 10.5 Å². The highest BCUT2D eigenvalue weighted by Gasteiger charge is 2.37. The fraction of sp³-hybridized carbons (Fsp3) is 0.733. The third-order valence-corrected chi connectivity index (χ3v) is 4.08. The third kappa shape index (κ3) is 3.75. The van der Waals surface area contributed by atoms with E-state index in [1.54, 1.807) is 10.9 Å². The van der Waals surface area contributed by atoms with Crippen LogP contribution in [0.5, 0.6) is 0 Å². The Kier molecular flexibility index (Phi) is 4.56. The first-order chi connectivity index (χ1) is 9.79. The molecule has 1 aliphatic heterocycles. The first kappa shape index (κ1) is 15.8. The predicted octanol–water partition coefficient (Wildman–Crippen LogP) is 2.30. The zero-order valence-corrected chi connectivity index (χ0v) is 13.6. The van der Waals surface area contributed by atoms with Crippen molar-refractivity contribution in [3.63, 3.8) is 0 Å². The molecule has 1 saturated heterocycles. The number of hydrogen-bond donors (Lipinski definition) is 2. The Morgan fingerprint density at radius 2 is 2.24 bits per heavy atom. The van der Waals surface area contributed by atoms with E-state index in [0.29, 0.717) is 12.5 Å². The summed E-state index contributed by atoms with van der Waals surface area (Å²) in [7, 11) is 1.85. The zero-order chi connectivity index (χ0) is 15.6. The highest BCUT2D eigenvalue weighted by molar-refractivity contribution is 5.89. The number of nitrogens with one attached hydrogen (secondary N) is 2. The minimum Gasteiger partial charge on any atom is -0.377 e. The SMILES string of the molecule is Cc1c(NC(=O)NC[C@H]2CCO[C@@H]2C(C)(C)C)cnn1C. The van der Waals surface area contributed by atoms with Gasteiger partial charge < -0.3 is 15.4 Å². The van der Waals surface area contributed by atoms with E-state index in [-0.39, 0.29) is 17.6 Å². The second-order valence-electron chi connectivity index (χ2n) is 6.81. The summed E-state index contributed by atoms with van der Waals surface area (Å²) >= 11 is 0. The molecule has 0 unspecified atom stereocenters. The summed E-state index contributed by atoms with van der Waals surface area (Å²) in [5, 5.41) is 9.88. The number of anilines is 1. The van der Waals surface area contributed by atoms with Gasteiger partial charge in [-0.1, -0.05) is 20.8 Å². The van der Waals surface area contributed by atoms with E-state index in [1.807, 2.05) is 14.0 Å². The summed E-state index contributed by atoms with van der Waals surface area (Å²) < 4.78 is 7.55. The molecular weight excluding hydrogens is 268 g/mol. The van der Waals surface area contributed by atoms with E-state index in [4.69, 9.17) is 4.74 Å². The van der Waals surface area contributed by atoms with Crippen LogP contribution >= 0.6 is 0 Å². The van der Waals surface area contributed by atoms with Crippen LogP contribution in [-0.2, 0) is 11.8 Å². The van der Waals surface area contributed by atoms with E-state index in [1.165, 1.54) is 0 Å². The lowest BCUT2D eigenvalue weighted by Gasteiger charge is -2.31. The maximum Gasteiger partial charge on any atom is 0.319 e.